The van der Waals surface area contributed by atoms with Crippen LogP contribution in [0.2, 0.25) is 0 Å². The number of alkyl halides is 2. The minimum atomic E-state index is -2.69. The Hall–Kier alpha value is -4.75. The number of hydrogen-bond acceptors (Lipinski definition) is 10. The molecule has 11 nitrogen and oxygen atoms in total. The van der Waals surface area contributed by atoms with Crippen LogP contribution >= 0.6 is 0 Å². The Morgan fingerprint density at radius 1 is 0.894 bits per heavy atom. The van der Waals surface area contributed by atoms with Crippen LogP contribution in [0.1, 0.15) is 33.1 Å². The Morgan fingerprint density at radius 3 is 2.21 bits per heavy atom. The molecule has 13 heteroatoms. The molecule has 1 amide bonds. The van der Waals surface area contributed by atoms with E-state index < -0.39 is 13.0 Å². The average molecular weight is 646 g/mol. The third kappa shape index (κ3) is 7.31. The van der Waals surface area contributed by atoms with Crippen molar-refractivity contribution >= 4 is 5.91 Å². The Bertz CT molecular complexity index is 1580. The Kier molecular flexibility index (Phi) is 10.1. The summed E-state index contributed by atoms with van der Waals surface area (Å²) < 4.78 is 42.8. The van der Waals surface area contributed by atoms with Crippen LogP contribution in [0.5, 0.6) is 17.8 Å². The standard InChI is InChI=1S/C34H37F2N7O4/c1-45-31-26(32(47-22-29(35)36)40-34(39-31)46-2)20-41-18-25-19-42(33(44)27-17-37-13-14-38-27)15-16-43(25)28(21-41)30(23-9-5-3-6-10-23)24-11-7-4-8-12-24/h3-14,17,25,28-30H,15-16,18-22H2,1-2H3. The number of fused-ring (bicyclic) bond motifs is 1. The maximum absolute atomic E-state index is 13.5. The first kappa shape index (κ1) is 32.2. The zero-order chi connectivity index (χ0) is 32.8. The van der Waals surface area contributed by atoms with Gasteiger partial charge in [0.1, 0.15) is 5.69 Å². The van der Waals surface area contributed by atoms with E-state index in [1.807, 2.05) is 41.3 Å². The molecule has 2 saturated heterocycles. The van der Waals surface area contributed by atoms with Crippen molar-refractivity contribution in [2.75, 3.05) is 53.6 Å². The van der Waals surface area contributed by atoms with E-state index in [0.29, 0.717) is 44.0 Å². The number of hydrogen-bond donors (Lipinski definition) is 0. The lowest BCUT2D eigenvalue weighted by Gasteiger charge is -2.53. The van der Waals surface area contributed by atoms with Crippen LogP contribution in [0.3, 0.4) is 0 Å². The molecule has 4 aromatic rings. The first-order valence-electron chi connectivity index (χ1n) is 15.5. The summed E-state index contributed by atoms with van der Waals surface area (Å²) in [6, 6.07) is 20.7. The largest absolute Gasteiger partial charge is 0.481 e. The molecule has 2 aliphatic rings. The van der Waals surface area contributed by atoms with Crippen LogP contribution in [0.15, 0.2) is 79.3 Å². The Labute approximate surface area is 272 Å². The first-order valence-corrected chi connectivity index (χ1v) is 15.5. The third-order valence-electron chi connectivity index (χ3n) is 8.65. The molecule has 246 valence electrons. The van der Waals surface area contributed by atoms with Gasteiger partial charge in [-0.15, -0.1) is 0 Å². The number of rotatable bonds is 11. The zero-order valence-electron chi connectivity index (χ0n) is 26.3. The van der Waals surface area contributed by atoms with Gasteiger partial charge in [0.25, 0.3) is 12.3 Å². The van der Waals surface area contributed by atoms with E-state index >= 15 is 0 Å². The third-order valence-corrected chi connectivity index (χ3v) is 8.65. The van der Waals surface area contributed by atoms with Crippen LogP contribution in [0.25, 0.3) is 0 Å². The second-order valence-electron chi connectivity index (χ2n) is 11.5. The molecule has 2 aliphatic heterocycles. The summed E-state index contributed by atoms with van der Waals surface area (Å²) in [5, 5.41) is 0. The summed E-state index contributed by atoms with van der Waals surface area (Å²) in [5.41, 5.74) is 3.10. The van der Waals surface area contributed by atoms with Crippen LogP contribution in [0, 0.1) is 0 Å². The Morgan fingerprint density at radius 2 is 1.60 bits per heavy atom. The fourth-order valence-corrected chi connectivity index (χ4v) is 6.66. The molecule has 47 heavy (non-hydrogen) atoms. The topological polar surface area (TPSA) is 106 Å². The van der Waals surface area contributed by atoms with Gasteiger partial charge in [-0.05, 0) is 11.1 Å². The van der Waals surface area contributed by atoms with E-state index in [1.165, 1.54) is 37.7 Å². The van der Waals surface area contributed by atoms with Gasteiger partial charge in [-0.1, -0.05) is 60.7 Å². The number of nitrogens with zero attached hydrogens (tertiary/aromatic N) is 7. The monoisotopic (exact) mass is 645 g/mol. The maximum Gasteiger partial charge on any atom is 0.322 e. The summed E-state index contributed by atoms with van der Waals surface area (Å²) in [6.45, 7) is 2.34. The minimum absolute atomic E-state index is 0.00270. The van der Waals surface area contributed by atoms with Crippen molar-refractivity contribution in [1.29, 1.82) is 0 Å². The van der Waals surface area contributed by atoms with Crippen molar-refractivity contribution in [3.8, 4) is 17.8 Å². The normalized spacial score (nSPS) is 18.6. The van der Waals surface area contributed by atoms with Crippen LogP contribution < -0.4 is 14.2 Å². The molecule has 6 rings (SSSR count). The van der Waals surface area contributed by atoms with E-state index in [1.54, 1.807) is 6.20 Å². The number of carbonyl (C=O) groups excluding carboxylic acids is 1. The van der Waals surface area contributed by atoms with Gasteiger partial charge in [0.15, 0.2) is 6.61 Å². The number of aromatic nitrogens is 4. The van der Waals surface area contributed by atoms with Crippen molar-refractivity contribution in [1.82, 2.24) is 34.6 Å². The van der Waals surface area contributed by atoms with Crippen molar-refractivity contribution in [2.24, 2.45) is 0 Å². The highest BCUT2D eigenvalue weighted by Gasteiger charge is 2.43. The highest BCUT2D eigenvalue weighted by Crippen LogP contribution is 2.37. The summed E-state index contributed by atoms with van der Waals surface area (Å²) in [5.74, 6) is 0.0140. The van der Waals surface area contributed by atoms with Gasteiger partial charge in [0.2, 0.25) is 11.8 Å². The summed E-state index contributed by atoms with van der Waals surface area (Å²) in [7, 11) is 2.85. The molecule has 2 aromatic carbocycles. The van der Waals surface area contributed by atoms with E-state index in [0.717, 1.165) is 0 Å². The van der Waals surface area contributed by atoms with Gasteiger partial charge in [0.05, 0.1) is 26.0 Å². The molecule has 0 aliphatic carbocycles. The SMILES string of the molecule is COc1nc(OC)c(CN2CC3CN(C(=O)c4cnccn4)CCN3C(C(c3ccccc3)c3ccccc3)C2)c(OCC(F)F)n1. The van der Waals surface area contributed by atoms with Crippen molar-refractivity contribution in [3.05, 3.63) is 102 Å². The predicted octanol–water partition coefficient (Wildman–Crippen LogP) is 3.77. The zero-order valence-corrected chi connectivity index (χ0v) is 26.3. The number of benzene rings is 2. The highest BCUT2D eigenvalue weighted by molar-refractivity contribution is 5.92. The molecule has 2 atom stereocenters. The number of halogens is 2. The second-order valence-corrected chi connectivity index (χ2v) is 11.5. The fourth-order valence-electron chi connectivity index (χ4n) is 6.66. The molecule has 0 N–H and O–H groups in total. The van der Waals surface area contributed by atoms with Gasteiger partial charge in [-0.2, -0.15) is 9.97 Å². The molecule has 4 heterocycles. The predicted molar refractivity (Wildman–Crippen MR) is 169 cm³/mol. The summed E-state index contributed by atoms with van der Waals surface area (Å²) in [6.07, 6.45) is 1.86. The van der Waals surface area contributed by atoms with Gasteiger partial charge in [-0.3, -0.25) is 19.6 Å². The minimum Gasteiger partial charge on any atom is -0.481 e. The van der Waals surface area contributed by atoms with Crippen LogP contribution in [-0.2, 0) is 6.54 Å². The molecule has 0 radical (unpaired) electrons. The molecule has 2 unspecified atom stereocenters. The van der Waals surface area contributed by atoms with E-state index in [-0.39, 0.29) is 48.2 Å². The molecule has 0 bridgehead atoms. The number of ether oxygens (including phenoxy) is 3. The lowest BCUT2D eigenvalue weighted by Crippen LogP contribution is -2.67. The average Bonchev–Trinajstić information content (AvgIpc) is 3.11. The quantitative estimate of drug-likeness (QED) is 0.239. The summed E-state index contributed by atoms with van der Waals surface area (Å²) >= 11 is 0. The number of piperazine rings is 2. The Balaban J connectivity index is 1.37. The van der Waals surface area contributed by atoms with Crippen LogP contribution in [0.4, 0.5) is 8.78 Å². The van der Waals surface area contributed by atoms with E-state index in [9.17, 15) is 13.6 Å². The van der Waals surface area contributed by atoms with E-state index in [4.69, 9.17) is 14.2 Å². The van der Waals surface area contributed by atoms with Gasteiger partial charge in [-0.25, -0.2) is 13.8 Å². The molecule has 2 aromatic heterocycles. The lowest BCUT2D eigenvalue weighted by atomic mass is 9.81. The van der Waals surface area contributed by atoms with Crippen LogP contribution in [-0.4, -0.2) is 113 Å². The van der Waals surface area contributed by atoms with Gasteiger partial charge in [0, 0.05) is 69.7 Å². The second kappa shape index (κ2) is 14.8. The van der Waals surface area contributed by atoms with Crippen molar-refractivity contribution in [3.63, 3.8) is 0 Å². The highest BCUT2D eigenvalue weighted by atomic mass is 19.3. The molecular formula is C34H37F2N7O4. The molecular weight excluding hydrogens is 608 g/mol. The van der Waals surface area contributed by atoms with Gasteiger partial charge < -0.3 is 19.1 Å². The fraction of sp³-hybridized carbons (Fsp3) is 0.382. The number of carbonyl (C=O) groups is 1. The van der Waals surface area contributed by atoms with E-state index in [2.05, 4.69) is 54.0 Å². The number of amides is 1. The molecule has 0 saturated carbocycles. The first-order chi connectivity index (χ1) is 22.9. The smallest absolute Gasteiger partial charge is 0.322 e. The molecule has 0 spiro atoms. The van der Waals surface area contributed by atoms with Crippen molar-refractivity contribution in [2.45, 2.75) is 31.0 Å². The number of methoxy groups -OCH3 is 2. The summed E-state index contributed by atoms with van der Waals surface area (Å²) in [4.78, 5) is 37.0. The van der Waals surface area contributed by atoms with Crippen molar-refractivity contribution < 1.29 is 27.8 Å². The maximum atomic E-state index is 13.5. The lowest BCUT2D eigenvalue weighted by molar-refractivity contribution is -0.0294. The molecule has 2 fully saturated rings. The van der Waals surface area contributed by atoms with Gasteiger partial charge >= 0.3 is 6.01 Å².